The van der Waals surface area contributed by atoms with Crippen molar-refractivity contribution >= 4 is 23.0 Å². The van der Waals surface area contributed by atoms with E-state index in [1.165, 1.54) is 0 Å². The van der Waals surface area contributed by atoms with E-state index in [4.69, 9.17) is 14.2 Å². The highest BCUT2D eigenvalue weighted by molar-refractivity contribution is 6.03. The molecule has 1 aliphatic heterocycles. The topological polar surface area (TPSA) is 81.7 Å². The molecule has 0 saturated carbocycles. The fourth-order valence-electron chi connectivity index (χ4n) is 2.93. The first kappa shape index (κ1) is 18.6. The number of nitrogens with zero attached hydrogens (tertiary/aromatic N) is 1. The smallest absolute Gasteiger partial charge is 0.274 e. The minimum atomic E-state index is -0.303. The Morgan fingerprint density at radius 1 is 1.03 bits per heavy atom. The summed E-state index contributed by atoms with van der Waals surface area (Å²) in [7, 11) is 0. The molecule has 148 valence electrons. The lowest BCUT2D eigenvalue weighted by Gasteiger charge is -2.19. The van der Waals surface area contributed by atoms with Gasteiger partial charge in [0, 0.05) is 11.8 Å². The number of anilines is 3. The van der Waals surface area contributed by atoms with Crippen LogP contribution in [0.25, 0.3) is 0 Å². The fraction of sp³-hybridized carbons (Fsp3) is 0.182. The zero-order chi connectivity index (χ0) is 20.1. The van der Waals surface area contributed by atoms with Crippen LogP contribution in [0.15, 0.2) is 60.8 Å². The van der Waals surface area contributed by atoms with E-state index < -0.39 is 0 Å². The van der Waals surface area contributed by atoms with Crippen LogP contribution in [0.5, 0.6) is 17.2 Å². The molecule has 2 aromatic carbocycles. The maximum atomic E-state index is 12.5. The van der Waals surface area contributed by atoms with Gasteiger partial charge in [-0.2, -0.15) is 0 Å². The molecule has 0 bridgehead atoms. The van der Waals surface area contributed by atoms with Gasteiger partial charge < -0.3 is 24.8 Å². The number of hydrogen-bond donors (Lipinski definition) is 2. The van der Waals surface area contributed by atoms with Gasteiger partial charge in [-0.15, -0.1) is 0 Å². The number of nitrogens with one attached hydrogen (secondary N) is 2. The summed E-state index contributed by atoms with van der Waals surface area (Å²) in [6, 6.07) is 16.4. The summed E-state index contributed by atoms with van der Waals surface area (Å²) >= 11 is 0. The lowest BCUT2D eigenvalue weighted by atomic mass is 10.2. The lowest BCUT2D eigenvalue weighted by molar-refractivity contribution is 0.102. The minimum Gasteiger partial charge on any atom is -0.492 e. The van der Waals surface area contributed by atoms with Gasteiger partial charge in [-0.05, 0) is 43.3 Å². The average Bonchev–Trinajstić information content (AvgIpc) is 2.76. The number of hydrogen-bond acceptors (Lipinski definition) is 6. The highest BCUT2D eigenvalue weighted by Gasteiger charge is 2.14. The summed E-state index contributed by atoms with van der Waals surface area (Å²) in [6.45, 7) is 3.54. The number of fused-ring (bicyclic) bond motifs is 1. The summed E-state index contributed by atoms with van der Waals surface area (Å²) in [6.07, 6.45) is 1.61. The number of benzene rings is 2. The van der Waals surface area contributed by atoms with Crippen LogP contribution in [0.4, 0.5) is 17.1 Å². The molecule has 4 rings (SSSR count). The van der Waals surface area contributed by atoms with Crippen molar-refractivity contribution in [2.24, 2.45) is 0 Å². The quantitative estimate of drug-likeness (QED) is 0.654. The Morgan fingerprint density at radius 2 is 1.83 bits per heavy atom. The maximum Gasteiger partial charge on any atom is 0.274 e. The Hall–Kier alpha value is -3.74. The van der Waals surface area contributed by atoms with Gasteiger partial charge in [0.15, 0.2) is 11.5 Å². The van der Waals surface area contributed by atoms with Gasteiger partial charge in [0.25, 0.3) is 5.91 Å². The lowest BCUT2D eigenvalue weighted by Crippen LogP contribution is -2.17. The summed E-state index contributed by atoms with van der Waals surface area (Å²) in [4.78, 5) is 16.8. The number of pyridine rings is 1. The van der Waals surface area contributed by atoms with E-state index >= 15 is 0 Å². The number of carbonyl (C=O) groups is 1. The summed E-state index contributed by atoms with van der Waals surface area (Å²) in [5.41, 5.74) is 2.52. The molecule has 0 radical (unpaired) electrons. The number of aromatic nitrogens is 1. The second-order valence-corrected chi connectivity index (χ2v) is 6.30. The van der Waals surface area contributed by atoms with Crippen molar-refractivity contribution in [1.82, 2.24) is 4.98 Å². The van der Waals surface area contributed by atoms with E-state index in [1.807, 2.05) is 31.2 Å². The molecule has 7 heteroatoms. The monoisotopic (exact) mass is 391 g/mol. The molecule has 1 aliphatic rings. The van der Waals surface area contributed by atoms with Gasteiger partial charge in [-0.1, -0.05) is 12.1 Å². The van der Waals surface area contributed by atoms with Crippen molar-refractivity contribution in [1.29, 1.82) is 0 Å². The fourth-order valence-corrected chi connectivity index (χ4v) is 2.93. The van der Waals surface area contributed by atoms with Crippen LogP contribution >= 0.6 is 0 Å². The molecule has 0 aliphatic carbocycles. The van der Waals surface area contributed by atoms with Crippen molar-refractivity contribution in [3.63, 3.8) is 0 Å². The Bertz CT molecular complexity index is 1010. The molecule has 1 aromatic heterocycles. The second-order valence-electron chi connectivity index (χ2n) is 6.30. The summed E-state index contributed by atoms with van der Waals surface area (Å²) in [5.74, 6) is 1.75. The van der Waals surface area contributed by atoms with Gasteiger partial charge in [0.2, 0.25) is 0 Å². The van der Waals surface area contributed by atoms with E-state index in [9.17, 15) is 4.79 Å². The van der Waals surface area contributed by atoms with Gasteiger partial charge in [0.1, 0.15) is 24.7 Å². The van der Waals surface area contributed by atoms with Crippen molar-refractivity contribution in [3.05, 3.63) is 66.5 Å². The predicted molar refractivity (Wildman–Crippen MR) is 111 cm³/mol. The van der Waals surface area contributed by atoms with Crippen LogP contribution in [0.1, 0.15) is 17.4 Å². The second kappa shape index (κ2) is 8.52. The third-order valence-electron chi connectivity index (χ3n) is 4.26. The van der Waals surface area contributed by atoms with Gasteiger partial charge in [-0.3, -0.25) is 4.79 Å². The van der Waals surface area contributed by atoms with E-state index in [-0.39, 0.29) is 5.91 Å². The molecule has 2 N–H and O–H groups in total. The van der Waals surface area contributed by atoms with Crippen LogP contribution in [0, 0.1) is 0 Å². The predicted octanol–water partition coefficient (Wildman–Crippen LogP) is 4.25. The molecule has 2 heterocycles. The molecular weight excluding hydrogens is 370 g/mol. The van der Waals surface area contributed by atoms with Crippen LogP contribution in [0.3, 0.4) is 0 Å². The molecule has 1 amide bonds. The first-order valence-corrected chi connectivity index (χ1v) is 9.39. The Balaban J connectivity index is 1.43. The first-order chi connectivity index (χ1) is 14.2. The van der Waals surface area contributed by atoms with Crippen molar-refractivity contribution < 1.29 is 19.0 Å². The van der Waals surface area contributed by atoms with Crippen molar-refractivity contribution in [2.45, 2.75) is 6.92 Å². The van der Waals surface area contributed by atoms with E-state index in [2.05, 4.69) is 15.6 Å². The van der Waals surface area contributed by atoms with E-state index in [0.29, 0.717) is 42.7 Å². The van der Waals surface area contributed by atoms with Crippen LogP contribution in [-0.2, 0) is 0 Å². The van der Waals surface area contributed by atoms with E-state index in [1.54, 1.807) is 36.5 Å². The molecule has 29 heavy (non-hydrogen) atoms. The molecule has 0 unspecified atom stereocenters. The third kappa shape index (κ3) is 4.40. The Labute approximate surface area is 168 Å². The molecule has 7 nitrogen and oxygen atoms in total. The number of amides is 1. The first-order valence-electron chi connectivity index (χ1n) is 9.39. The van der Waals surface area contributed by atoms with Gasteiger partial charge >= 0.3 is 0 Å². The zero-order valence-electron chi connectivity index (χ0n) is 16.0. The molecule has 0 spiro atoms. The molecule has 0 atom stereocenters. The number of para-hydroxylation sites is 2. The number of carbonyl (C=O) groups excluding carboxylic acids is 1. The van der Waals surface area contributed by atoms with Crippen LogP contribution in [-0.4, -0.2) is 30.7 Å². The molecular formula is C22H21N3O4. The molecule has 3 aromatic rings. The Morgan fingerprint density at radius 3 is 2.62 bits per heavy atom. The summed E-state index contributed by atoms with van der Waals surface area (Å²) < 4.78 is 16.6. The van der Waals surface area contributed by atoms with Gasteiger partial charge in [0.05, 0.1) is 24.2 Å². The SMILES string of the molecule is CCOc1ccccc1Nc1ccc(C(=O)Nc2ccc3c(c2)OCCO3)nc1. The highest BCUT2D eigenvalue weighted by atomic mass is 16.6. The standard InChI is InChI=1S/C22H21N3O4/c1-2-27-19-6-4-3-5-17(19)24-16-7-9-18(23-14-16)22(26)25-15-8-10-20-21(13-15)29-12-11-28-20/h3-10,13-14,24H,2,11-12H2,1H3,(H,25,26). The Kier molecular flexibility index (Phi) is 5.47. The highest BCUT2D eigenvalue weighted by Crippen LogP contribution is 2.32. The zero-order valence-corrected chi connectivity index (χ0v) is 16.0. The van der Waals surface area contributed by atoms with Gasteiger partial charge in [-0.25, -0.2) is 4.98 Å². The molecule has 0 fully saturated rings. The number of ether oxygens (including phenoxy) is 3. The minimum absolute atomic E-state index is 0.303. The normalized spacial score (nSPS) is 12.2. The third-order valence-corrected chi connectivity index (χ3v) is 4.26. The summed E-state index contributed by atoms with van der Waals surface area (Å²) in [5, 5.41) is 6.08. The maximum absolute atomic E-state index is 12.5. The molecule has 0 saturated heterocycles. The van der Waals surface area contributed by atoms with Crippen molar-refractivity contribution in [3.8, 4) is 17.2 Å². The van der Waals surface area contributed by atoms with E-state index in [0.717, 1.165) is 17.1 Å². The number of rotatable bonds is 6. The largest absolute Gasteiger partial charge is 0.492 e. The average molecular weight is 391 g/mol. The van der Waals surface area contributed by atoms with Crippen LogP contribution < -0.4 is 24.8 Å². The van der Waals surface area contributed by atoms with Crippen LogP contribution in [0.2, 0.25) is 0 Å². The van der Waals surface area contributed by atoms with Crippen molar-refractivity contribution in [2.75, 3.05) is 30.5 Å².